The van der Waals surface area contributed by atoms with Crippen molar-refractivity contribution in [3.63, 3.8) is 0 Å². The molecule has 0 bridgehead atoms. The molecule has 2 rings (SSSR count). The molecule has 2 aromatic rings. The second kappa shape index (κ2) is 5.02. The fourth-order valence-corrected chi connectivity index (χ4v) is 2.35. The van der Waals surface area contributed by atoms with Crippen LogP contribution in [-0.2, 0) is 0 Å². The standard InChI is InChI=1S/C11H11N5O2S/c12-5-1-2-7(6(3-5)10(14)18)19-11-15-8(13)4-9(17)16-11/h1-4H,12H2,(H2,14,18)(H3,13,15,16,17). The number of anilines is 2. The van der Waals surface area contributed by atoms with Crippen molar-refractivity contribution in [3.05, 3.63) is 40.2 Å². The molecule has 1 aromatic carbocycles. The van der Waals surface area contributed by atoms with Gasteiger partial charge in [0, 0.05) is 16.6 Å². The van der Waals surface area contributed by atoms with Crippen LogP contribution >= 0.6 is 11.8 Å². The van der Waals surface area contributed by atoms with Crippen LogP contribution in [0.1, 0.15) is 10.4 Å². The quantitative estimate of drug-likeness (QED) is 0.466. The largest absolute Gasteiger partial charge is 0.399 e. The number of hydrogen-bond acceptors (Lipinski definition) is 6. The van der Waals surface area contributed by atoms with Gasteiger partial charge in [-0.2, -0.15) is 0 Å². The van der Waals surface area contributed by atoms with Crippen LogP contribution < -0.4 is 22.8 Å². The SMILES string of the molecule is NC(=O)c1cc(N)ccc1Sc1nc(N)cc(=O)[nH]1. The number of amides is 1. The van der Waals surface area contributed by atoms with Crippen molar-refractivity contribution in [2.45, 2.75) is 10.1 Å². The molecule has 0 aliphatic carbocycles. The van der Waals surface area contributed by atoms with E-state index in [0.29, 0.717) is 10.6 Å². The molecule has 0 aliphatic heterocycles. The molecule has 0 unspecified atom stereocenters. The molecule has 0 saturated heterocycles. The number of aromatic amines is 1. The molecule has 8 heteroatoms. The molecule has 7 N–H and O–H groups in total. The molecular formula is C11H11N5O2S. The summed E-state index contributed by atoms with van der Waals surface area (Å²) in [4.78, 5) is 29.6. The second-order valence-electron chi connectivity index (χ2n) is 3.70. The molecule has 0 aliphatic rings. The Bertz CT molecular complexity index is 698. The highest BCUT2D eigenvalue weighted by atomic mass is 32.2. The van der Waals surface area contributed by atoms with Crippen LogP contribution in [0, 0.1) is 0 Å². The number of nitrogens with one attached hydrogen (secondary N) is 1. The summed E-state index contributed by atoms with van der Waals surface area (Å²) in [6.07, 6.45) is 0. The summed E-state index contributed by atoms with van der Waals surface area (Å²) in [6.45, 7) is 0. The Balaban J connectivity index is 2.43. The van der Waals surface area contributed by atoms with Gasteiger partial charge in [0.2, 0.25) is 5.91 Å². The Morgan fingerprint density at radius 2 is 2.00 bits per heavy atom. The van der Waals surface area contributed by atoms with Gasteiger partial charge in [-0.3, -0.25) is 9.59 Å². The Morgan fingerprint density at radius 1 is 1.26 bits per heavy atom. The van der Waals surface area contributed by atoms with Crippen molar-refractivity contribution in [1.82, 2.24) is 9.97 Å². The van der Waals surface area contributed by atoms with E-state index in [1.807, 2.05) is 0 Å². The van der Waals surface area contributed by atoms with E-state index in [9.17, 15) is 9.59 Å². The number of carbonyl (C=O) groups excluding carboxylic acids is 1. The van der Waals surface area contributed by atoms with Crippen molar-refractivity contribution in [1.29, 1.82) is 0 Å². The number of rotatable bonds is 3. The lowest BCUT2D eigenvalue weighted by molar-refractivity contribution is 0.0997. The minimum absolute atomic E-state index is 0.0994. The van der Waals surface area contributed by atoms with Crippen LogP contribution in [0.15, 0.2) is 39.1 Å². The van der Waals surface area contributed by atoms with Gasteiger partial charge < -0.3 is 22.2 Å². The average Bonchev–Trinajstić information content (AvgIpc) is 2.30. The summed E-state index contributed by atoms with van der Waals surface area (Å²) in [5, 5.41) is 0.275. The van der Waals surface area contributed by atoms with E-state index in [-0.39, 0.29) is 22.1 Å². The minimum atomic E-state index is -0.610. The number of benzene rings is 1. The predicted octanol–water partition coefficient (Wildman–Crippen LogP) is 0.184. The van der Waals surface area contributed by atoms with Gasteiger partial charge in [0.25, 0.3) is 5.56 Å². The molecule has 0 radical (unpaired) electrons. The van der Waals surface area contributed by atoms with E-state index in [1.54, 1.807) is 12.1 Å². The first kappa shape index (κ1) is 13.0. The third kappa shape index (κ3) is 3.05. The van der Waals surface area contributed by atoms with E-state index >= 15 is 0 Å². The zero-order valence-corrected chi connectivity index (χ0v) is 10.5. The number of primary amides is 1. The maximum atomic E-state index is 11.3. The summed E-state index contributed by atoms with van der Waals surface area (Å²) in [6, 6.07) is 5.89. The summed E-state index contributed by atoms with van der Waals surface area (Å²) >= 11 is 1.08. The lowest BCUT2D eigenvalue weighted by atomic mass is 10.2. The van der Waals surface area contributed by atoms with Gasteiger partial charge >= 0.3 is 0 Å². The topological polar surface area (TPSA) is 141 Å². The van der Waals surface area contributed by atoms with E-state index < -0.39 is 5.91 Å². The normalized spacial score (nSPS) is 10.3. The van der Waals surface area contributed by atoms with Crippen LogP contribution in [0.2, 0.25) is 0 Å². The highest BCUT2D eigenvalue weighted by molar-refractivity contribution is 7.99. The van der Waals surface area contributed by atoms with Gasteiger partial charge in [-0.1, -0.05) is 11.8 Å². The zero-order valence-electron chi connectivity index (χ0n) is 9.71. The van der Waals surface area contributed by atoms with E-state index in [4.69, 9.17) is 17.2 Å². The van der Waals surface area contributed by atoms with Crippen molar-refractivity contribution in [2.75, 3.05) is 11.5 Å². The van der Waals surface area contributed by atoms with E-state index in [0.717, 1.165) is 11.8 Å². The molecule has 1 heterocycles. The summed E-state index contributed by atoms with van der Waals surface area (Å²) in [5.41, 5.74) is 16.7. The number of nitrogen functional groups attached to an aromatic ring is 2. The summed E-state index contributed by atoms with van der Waals surface area (Å²) in [5.74, 6) is -0.511. The number of nitrogens with zero attached hydrogens (tertiary/aromatic N) is 1. The van der Waals surface area contributed by atoms with Crippen molar-refractivity contribution in [3.8, 4) is 0 Å². The van der Waals surface area contributed by atoms with Crippen LogP contribution in [0.4, 0.5) is 11.5 Å². The third-order valence-corrected chi connectivity index (χ3v) is 3.18. The molecular weight excluding hydrogens is 266 g/mol. The highest BCUT2D eigenvalue weighted by Crippen LogP contribution is 2.28. The zero-order chi connectivity index (χ0) is 14.0. The van der Waals surface area contributed by atoms with Gasteiger partial charge in [-0.15, -0.1) is 0 Å². The van der Waals surface area contributed by atoms with E-state index in [2.05, 4.69) is 9.97 Å². The van der Waals surface area contributed by atoms with Crippen molar-refractivity contribution in [2.24, 2.45) is 5.73 Å². The van der Waals surface area contributed by atoms with Gasteiger partial charge in [0.05, 0.1) is 5.56 Å². The highest BCUT2D eigenvalue weighted by Gasteiger charge is 2.11. The fourth-order valence-electron chi connectivity index (χ4n) is 1.43. The lowest BCUT2D eigenvalue weighted by Gasteiger charge is -2.07. The monoisotopic (exact) mass is 277 g/mol. The Morgan fingerprint density at radius 3 is 2.63 bits per heavy atom. The van der Waals surface area contributed by atoms with E-state index in [1.165, 1.54) is 12.1 Å². The predicted molar refractivity (Wildman–Crippen MR) is 72.8 cm³/mol. The van der Waals surface area contributed by atoms with Crippen LogP contribution in [-0.4, -0.2) is 15.9 Å². The minimum Gasteiger partial charge on any atom is -0.399 e. The molecule has 1 aromatic heterocycles. The molecule has 98 valence electrons. The molecule has 0 spiro atoms. The third-order valence-electron chi connectivity index (χ3n) is 2.22. The first-order valence-corrected chi connectivity index (χ1v) is 6.01. The molecule has 7 nitrogen and oxygen atoms in total. The maximum Gasteiger partial charge on any atom is 0.253 e. The smallest absolute Gasteiger partial charge is 0.253 e. The lowest BCUT2D eigenvalue weighted by Crippen LogP contribution is -2.13. The van der Waals surface area contributed by atoms with Gasteiger partial charge in [0.1, 0.15) is 5.82 Å². The van der Waals surface area contributed by atoms with Crippen molar-refractivity contribution < 1.29 is 4.79 Å². The fraction of sp³-hybridized carbons (Fsp3) is 0. The van der Waals surface area contributed by atoms with Crippen LogP contribution in [0.5, 0.6) is 0 Å². The number of hydrogen-bond donors (Lipinski definition) is 4. The summed E-state index contributed by atoms with van der Waals surface area (Å²) in [7, 11) is 0. The maximum absolute atomic E-state index is 11.3. The number of carbonyl (C=O) groups is 1. The number of nitrogens with two attached hydrogens (primary N) is 3. The van der Waals surface area contributed by atoms with Gasteiger partial charge in [-0.25, -0.2) is 4.98 Å². The molecule has 0 atom stereocenters. The molecule has 0 saturated carbocycles. The van der Waals surface area contributed by atoms with Crippen LogP contribution in [0.3, 0.4) is 0 Å². The van der Waals surface area contributed by atoms with Crippen LogP contribution in [0.25, 0.3) is 0 Å². The van der Waals surface area contributed by atoms with Crippen molar-refractivity contribution >= 4 is 29.2 Å². The first-order chi connectivity index (χ1) is 8.95. The second-order valence-corrected chi connectivity index (χ2v) is 4.73. The molecule has 19 heavy (non-hydrogen) atoms. The van der Waals surface area contributed by atoms with Gasteiger partial charge in [0.15, 0.2) is 5.16 Å². The molecule has 0 fully saturated rings. The average molecular weight is 277 g/mol. The Kier molecular flexibility index (Phi) is 3.43. The molecule has 1 amide bonds. The Hall–Kier alpha value is -2.48. The number of aromatic nitrogens is 2. The van der Waals surface area contributed by atoms with Gasteiger partial charge in [-0.05, 0) is 18.2 Å². The Labute approximate surface area is 112 Å². The summed E-state index contributed by atoms with van der Waals surface area (Å²) < 4.78 is 0. The number of H-pyrrole nitrogens is 1. The first-order valence-electron chi connectivity index (χ1n) is 5.20.